The quantitative estimate of drug-likeness (QED) is 0.708. The molecule has 4 aliphatic rings. The van der Waals surface area contributed by atoms with E-state index in [9.17, 15) is 5.11 Å². The maximum Gasteiger partial charge on any atom is 0.122 e. The van der Waals surface area contributed by atoms with Crippen molar-refractivity contribution in [2.24, 2.45) is 17.8 Å². The molecular weight excluding hydrogens is 310 g/mol. The molecule has 4 saturated carbocycles. The van der Waals surface area contributed by atoms with E-state index in [1.54, 1.807) is 0 Å². The normalized spacial score (nSPS) is 34.0. The average molecular weight is 341 g/mol. The molecule has 3 nitrogen and oxygen atoms in total. The van der Waals surface area contributed by atoms with Gasteiger partial charge >= 0.3 is 0 Å². The van der Waals surface area contributed by atoms with Crippen LogP contribution in [0, 0.1) is 17.8 Å². The fraction of sp³-hybridized carbons (Fsp3) is 0.636. The van der Waals surface area contributed by atoms with Crippen LogP contribution in [0.5, 0.6) is 5.75 Å². The number of β-amino-alcohol motifs (C(OH)–C–C–N with tert-alkyl or cyclic N) is 1. The monoisotopic (exact) mass is 341 g/mol. The summed E-state index contributed by atoms with van der Waals surface area (Å²) in [6.45, 7) is 4.77. The van der Waals surface area contributed by atoms with E-state index in [4.69, 9.17) is 4.74 Å². The molecule has 5 rings (SSSR count). The number of benzene rings is 1. The summed E-state index contributed by atoms with van der Waals surface area (Å²) >= 11 is 0. The third-order valence-electron chi connectivity index (χ3n) is 6.52. The van der Waals surface area contributed by atoms with Crippen molar-refractivity contribution in [3.8, 4) is 5.75 Å². The Morgan fingerprint density at radius 1 is 1.16 bits per heavy atom. The van der Waals surface area contributed by atoms with Crippen molar-refractivity contribution >= 4 is 0 Å². The van der Waals surface area contributed by atoms with Crippen molar-refractivity contribution < 1.29 is 9.84 Å². The Morgan fingerprint density at radius 3 is 2.44 bits per heavy atom. The van der Waals surface area contributed by atoms with Crippen LogP contribution in [-0.2, 0) is 6.42 Å². The van der Waals surface area contributed by atoms with E-state index in [1.165, 1.54) is 38.5 Å². The van der Waals surface area contributed by atoms with Gasteiger partial charge in [0, 0.05) is 12.1 Å². The second kappa shape index (κ2) is 7.13. The van der Waals surface area contributed by atoms with Gasteiger partial charge in [0.1, 0.15) is 18.5 Å². The van der Waals surface area contributed by atoms with Gasteiger partial charge in [0.05, 0.1) is 0 Å². The molecule has 0 spiro atoms. The van der Waals surface area contributed by atoms with Crippen molar-refractivity contribution in [3.63, 3.8) is 0 Å². The number of hydrogen-bond acceptors (Lipinski definition) is 3. The van der Waals surface area contributed by atoms with E-state index >= 15 is 0 Å². The molecule has 1 aromatic rings. The number of ether oxygens (including phenoxy) is 1. The number of rotatable bonds is 8. The second-order valence-corrected chi connectivity index (χ2v) is 8.64. The third kappa shape index (κ3) is 3.78. The summed E-state index contributed by atoms with van der Waals surface area (Å²) in [6, 6.07) is 8.01. The van der Waals surface area contributed by atoms with E-state index in [-0.39, 0.29) is 0 Å². The highest BCUT2D eigenvalue weighted by atomic mass is 16.5. The van der Waals surface area contributed by atoms with Crippen LogP contribution in [0.4, 0.5) is 0 Å². The van der Waals surface area contributed by atoms with Gasteiger partial charge in [-0.2, -0.15) is 0 Å². The minimum Gasteiger partial charge on any atom is -0.491 e. The number of allylic oxidation sites excluding steroid dienone is 1. The molecule has 1 unspecified atom stereocenters. The molecule has 136 valence electrons. The number of aliphatic hydroxyl groups excluding tert-OH is 1. The smallest absolute Gasteiger partial charge is 0.122 e. The first kappa shape index (κ1) is 17.1. The predicted molar refractivity (Wildman–Crippen MR) is 101 cm³/mol. The first-order valence-corrected chi connectivity index (χ1v) is 9.90. The highest BCUT2D eigenvalue weighted by Crippen LogP contribution is 2.55. The first-order valence-electron chi connectivity index (χ1n) is 9.90. The summed E-state index contributed by atoms with van der Waals surface area (Å²) in [5.41, 5.74) is 1.43. The first-order chi connectivity index (χ1) is 12.2. The number of nitrogens with one attached hydrogen (secondary N) is 1. The van der Waals surface area contributed by atoms with E-state index in [2.05, 4.69) is 18.0 Å². The van der Waals surface area contributed by atoms with Crippen LogP contribution < -0.4 is 10.1 Å². The maximum absolute atomic E-state index is 10.4. The minimum absolute atomic E-state index is 0.302. The number of hydrogen-bond donors (Lipinski definition) is 2. The molecule has 0 saturated heterocycles. The average Bonchev–Trinajstić information content (AvgIpc) is 2.58. The molecule has 0 aromatic heterocycles. The van der Waals surface area contributed by atoms with Crippen molar-refractivity contribution in [2.75, 3.05) is 13.2 Å². The standard InChI is InChI=1S/C22H31NO2/c1-2-5-19-6-3-4-7-21(19)25-15-20(24)14-23-22-11-16-8-17(12-22)10-18(9-16)13-22/h2-4,6-7,16-18,20,23-24H,1,5,8-15H2. The summed E-state index contributed by atoms with van der Waals surface area (Å²) < 4.78 is 5.89. The van der Waals surface area contributed by atoms with Gasteiger partial charge in [0.25, 0.3) is 0 Å². The zero-order valence-electron chi connectivity index (χ0n) is 15.1. The topological polar surface area (TPSA) is 41.5 Å². The van der Waals surface area contributed by atoms with E-state index < -0.39 is 6.10 Å². The van der Waals surface area contributed by atoms with Crippen molar-refractivity contribution in [2.45, 2.75) is 56.6 Å². The fourth-order valence-electron chi connectivity index (χ4n) is 5.88. The molecule has 0 heterocycles. The Bertz CT molecular complexity index is 577. The summed E-state index contributed by atoms with van der Waals surface area (Å²) in [7, 11) is 0. The maximum atomic E-state index is 10.4. The molecule has 2 N–H and O–H groups in total. The molecule has 0 amide bonds. The van der Waals surface area contributed by atoms with Gasteiger partial charge in [0.2, 0.25) is 0 Å². The van der Waals surface area contributed by atoms with Crippen LogP contribution in [0.15, 0.2) is 36.9 Å². The van der Waals surface area contributed by atoms with Gasteiger partial charge in [-0.15, -0.1) is 6.58 Å². The predicted octanol–water partition coefficient (Wildman–Crippen LogP) is 3.71. The molecule has 0 aliphatic heterocycles. The van der Waals surface area contributed by atoms with E-state index in [0.29, 0.717) is 18.7 Å². The summed E-state index contributed by atoms with van der Waals surface area (Å²) in [5.74, 6) is 3.64. The van der Waals surface area contributed by atoms with Gasteiger partial charge in [0.15, 0.2) is 0 Å². The molecule has 0 radical (unpaired) electrons. The van der Waals surface area contributed by atoms with Crippen LogP contribution >= 0.6 is 0 Å². The Labute approximate surface area is 151 Å². The molecule has 4 aliphatic carbocycles. The third-order valence-corrected chi connectivity index (χ3v) is 6.52. The van der Waals surface area contributed by atoms with Crippen LogP contribution in [0.3, 0.4) is 0 Å². The lowest BCUT2D eigenvalue weighted by Gasteiger charge is -2.57. The summed E-state index contributed by atoms with van der Waals surface area (Å²) in [6.07, 6.45) is 10.5. The molecule has 3 heteroatoms. The number of para-hydroxylation sites is 1. The highest BCUT2D eigenvalue weighted by molar-refractivity contribution is 5.34. The van der Waals surface area contributed by atoms with Crippen molar-refractivity contribution in [1.29, 1.82) is 0 Å². The fourth-order valence-corrected chi connectivity index (χ4v) is 5.88. The highest BCUT2D eigenvalue weighted by Gasteiger charge is 2.50. The zero-order valence-corrected chi connectivity index (χ0v) is 15.1. The minimum atomic E-state index is -0.468. The molecule has 1 aromatic carbocycles. The Morgan fingerprint density at radius 2 is 1.80 bits per heavy atom. The molecule has 4 fully saturated rings. The largest absolute Gasteiger partial charge is 0.491 e. The zero-order chi connectivity index (χ0) is 17.3. The Kier molecular flexibility index (Phi) is 4.88. The second-order valence-electron chi connectivity index (χ2n) is 8.64. The van der Waals surface area contributed by atoms with Crippen LogP contribution in [0.1, 0.15) is 44.1 Å². The van der Waals surface area contributed by atoms with Crippen LogP contribution in [0.25, 0.3) is 0 Å². The lowest BCUT2D eigenvalue weighted by Crippen LogP contribution is -2.59. The van der Waals surface area contributed by atoms with Crippen molar-refractivity contribution in [1.82, 2.24) is 5.32 Å². The summed E-state index contributed by atoms with van der Waals surface area (Å²) in [4.78, 5) is 0. The van der Waals surface area contributed by atoms with Gasteiger partial charge in [-0.05, 0) is 74.3 Å². The lowest BCUT2D eigenvalue weighted by molar-refractivity contribution is -0.0266. The van der Waals surface area contributed by atoms with Crippen molar-refractivity contribution in [3.05, 3.63) is 42.5 Å². The van der Waals surface area contributed by atoms with Crippen LogP contribution in [-0.4, -0.2) is 29.9 Å². The Hall–Kier alpha value is -1.32. The van der Waals surface area contributed by atoms with Gasteiger partial charge in [-0.3, -0.25) is 0 Å². The number of aliphatic hydroxyl groups is 1. The SMILES string of the molecule is C=CCc1ccccc1OCC(O)CNC12CC3CC(CC(C3)C1)C2. The van der Waals surface area contributed by atoms with E-state index in [1.807, 2.05) is 24.3 Å². The lowest BCUT2D eigenvalue weighted by atomic mass is 9.53. The van der Waals surface area contributed by atoms with Crippen LogP contribution in [0.2, 0.25) is 0 Å². The van der Waals surface area contributed by atoms with Gasteiger partial charge < -0.3 is 15.2 Å². The molecule has 1 atom stereocenters. The molecular formula is C22H31NO2. The molecule has 25 heavy (non-hydrogen) atoms. The van der Waals surface area contributed by atoms with E-state index in [0.717, 1.165) is 35.5 Å². The summed E-state index contributed by atoms with van der Waals surface area (Å²) in [5, 5.41) is 14.2. The molecule has 4 bridgehead atoms. The van der Waals surface area contributed by atoms with Gasteiger partial charge in [-0.25, -0.2) is 0 Å². The van der Waals surface area contributed by atoms with Gasteiger partial charge in [-0.1, -0.05) is 24.3 Å². The Balaban J connectivity index is 1.29.